The van der Waals surface area contributed by atoms with E-state index < -0.39 is 0 Å². The molecule has 0 radical (unpaired) electrons. The average molecular weight is 303 g/mol. The zero-order chi connectivity index (χ0) is 14.5. The molecule has 0 aliphatic carbocycles. The number of anilines is 1. The van der Waals surface area contributed by atoms with Crippen LogP contribution < -0.4 is 14.8 Å². The fourth-order valence-electron chi connectivity index (χ4n) is 1.95. The van der Waals surface area contributed by atoms with Gasteiger partial charge in [-0.15, -0.1) is 0 Å². The number of aromatic nitrogens is 2. The third kappa shape index (κ3) is 3.58. The first-order valence-corrected chi connectivity index (χ1v) is 7.80. The molecule has 1 aromatic heterocycles. The first kappa shape index (κ1) is 14.0. The molecule has 6 heteroatoms. The second kappa shape index (κ2) is 6.67. The molecule has 2 aromatic rings. The molecular weight excluding hydrogens is 286 g/mol. The van der Waals surface area contributed by atoms with Crippen molar-refractivity contribution in [3.8, 4) is 11.5 Å². The van der Waals surface area contributed by atoms with Crippen LogP contribution in [0, 0.1) is 0 Å². The van der Waals surface area contributed by atoms with Gasteiger partial charge < -0.3 is 14.8 Å². The molecule has 1 N–H and O–H groups in total. The molecule has 1 aliphatic heterocycles. The Morgan fingerprint density at radius 3 is 2.86 bits per heavy atom. The van der Waals surface area contributed by atoms with Gasteiger partial charge in [0.2, 0.25) is 0 Å². The van der Waals surface area contributed by atoms with Crippen molar-refractivity contribution in [1.82, 2.24) is 9.97 Å². The van der Waals surface area contributed by atoms with Gasteiger partial charge in [-0.3, -0.25) is 0 Å². The van der Waals surface area contributed by atoms with E-state index in [1.807, 2.05) is 24.3 Å². The van der Waals surface area contributed by atoms with Gasteiger partial charge in [0.15, 0.2) is 11.5 Å². The van der Waals surface area contributed by atoms with Crippen LogP contribution in [0.1, 0.15) is 13.3 Å². The molecule has 0 bridgehead atoms. The maximum atomic E-state index is 5.60. The molecule has 1 aromatic carbocycles. The molecule has 3 rings (SSSR count). The maximum Gasteiger partial charge on any atom is 0.162 e. The van der Waals surface area contributed by atoms with Crippen molar-refractivity contribution in [2.75, 3.05) is 25.1 Å². The minimum absolute atomic E-state index is 0.597. The number of hydrogen-bond donors (Lipinski definition) is 1. The van der Waals surface area contributed by atoms with Crippen molar-refractivity contribution >= 4 is 17.6 Å². The van der Waals surface area contributed by atoms with Crippen LogP contribution in [-0.4, -0.2) is 29.7 Å². The predicted molar refractivity (Wildman–Crippen MR) is 82.4 cm³/mol. The molecule has 0 fully saturated rings. The SMILES string of the molecule is CCCNc1cc(Sc2ccc3c(c2)OCCO3)ncn1. The lowest BCUT2D eigenvalue weighted by Gasteiger charge is -2.18. The van der Waals surface area contributed by atoms with Gasteiger partial charge in [-0.1, -0.05) is 18.7 Å². The second-order valence-electron chi connectivity index (χ2n) is 4.58. The summed E-state index contributed by atoms with van der Waals surface area (Å²) < 4.78 is 11.1. The van der Waals surface area contributed by atoms with E-state index in [0.29, 0.717) is 13.2 Å². The van der Waals surface area contributed by atoms with E-state index >= 15 is 0 Å². The van der Waals surface area contributed by atoms with Crippen LogP contribution in [0.4, 0.5) is 5.82 Å². The molecule has 0 amide bonds. The molecule has 0 saturated heterocycles. The van der Waals surface area contributed by atoms with Crippen LogP contribution in [0.2, 0.25) is 0 Å². The van der Waals surface area contributed by atoms with Crippen molar-refractivity contribution < 1.29 is 9.47 Å². The fraction of sp³-hybridized carbons (Fsp3) is 0.333. The molecule has 2 heterocycles. The lowest BCUT2D eigenvalue weighted by Crippen LogP contribution is -2.15. The highest BCUT2D eigenvalue weighted by Gasteiger charge is 2.12. The Kier molecular flexibility index (Phi) is 4.45. The first-order chi connectivity index (χ1) is 10.3. The van der Waals surface area contributed by atoms with Crippen LogP contribution in [0.15, 0.2) is 40.5 Å². The summed E-state index contributed by atoms with van der Waals surface area (Å²) in [6, 6.07) is 7.89. The molecular formula is C15H17N3O2S. The van der Waals surface area contributed by atoms with E-state index in [-0.39, 0.29) is 0 Å². The van der Waals surface area contributed by atoms with Gasteiger partial charge >= 0.3 is 0 Å². The monoisotopic (exact) mass is 303 g/mol. The summed E-state index contributed by atoms with van der Waals surface area (Å²) in [6.45, 7) is 4.24. The highest BCUT2D eigenvalue weighted by Crippen LogP contribution is 2.36. The van der Waals surface area contributed by atoms with Gasteiger partial charge in [-0.05, 0) is 24.6 Å². The molecule has 0 saturated carbocycles. The van der Waals surface area contributed by atoms with E-state index in [9.17, 15) is 0 Å². The van der Waals surface area contributed by atoms with E-state index in [1.165, 1.54) is 0 Å². The van der Waals surface area contributed by atoms with Crippen LogP contribution in [0.3, 0.4) is 0 Å². The Bertz CT molecular complexity index is 622. The molecule has 1 aliphatic rings. The van der Waals surface area contributed by atoms with E-state index in [1.54, 1.807) is 18.1 Å². The topological polar surface area (TPSA) is 56.3 Å². The number of hydrogen-bond acceptors (Lipinski definition) is 6. The highest BCUT2D eigenvalue weighted by atomic mass is 32.2. The third-order valence-electron chi connectivity index (χ3n) is 2.93. The van der Waals surface area contributed by atoms with Gasteiger partial charge in [-0.2, -0.15) is 0 Å². The van der Waals surface area contributed by atoms with Crippen molar-refractivity contribution in [1.29, 1.82) is 0 Å². The van der Waals surface area contributed by atoms with Gasteiger partial charge in [0, 0.05) is 17.5 Å². The highest BCUT2D eigenvalue weighted by molar-refractivity contribution is 7.99. The number of fused-ring (bicyclic) bond motifs is 1. The Balaban J connectivity index is 1.74. The summed E-state index contributed by atoms with van der Waals surface area (Å²) in [5.41, 5.74) is 0. The molecule has 0 unspecified atom stereocenters. The Labute approximate surface area is 128 Å². The quantitative estimate of drug-likeness (QED) is 0.856. The number of ether oxygens (including phenoxy) is 2. The smallest absolute Gasteiger partial charge is 0.162 e. The van der Waals surface area contributed by atoms with Gasteiger partial charge in [0.05, 0.1) is 0 Å². The zero-order valence-corrected chi connectivity index (χ0v) is 12.7. The fourth-order valence-corrected chi connectivity index (χ4v) is 2.77. The van der Waals surface area contributed by atoms with Crippen molar-refractivity contribution in [3.05, 3.63) is 30.6 Å². The third-order valence-corrected chi connectivity index (χ3v) is 3.86. The standard InChI is InChI=1S/C15H17N3O2S/c1-2-5-16-14-9-15(18-10-17-14)21-11-3-4-12-13(8-11)20-7-6-19-12/h3-4,8-10H,2,5-7H2,1H3,(H,16,17,18). The van der Waals surface area contributed by atoms with Crippen molar-refractivity contribution in [2.24, 2.45) is 0 Å². The Morgan fingerprint density at radius 1 is 1.14 bits per heavy atom. The van der Waals surface area contributed by atoms with E-state index in [2.05, 4.69) is 22.2 Å². The van der Waals surface area contributed by atoms with Gasteiger partial charge in [-0.25, -0.2) is 9.97 Å². The van der Waals surface area contributed by atoms with Gasteiger partial charge in [0.1, 0.15) is 30.4 Å². The Hall–Kier alpha value is -1.95. The summed E-state index contributed by atoms with van der Waals surface area (Å²) in [6.07, 6.45) is 2.65. The van der Waals surface area contributed by atoms with Crippen molar-refractivity contribution in [2.45, 2.75) is 23.3 Å². The number of benzene rings is 1. The lowest BCUT2D eigenvalue weighted by atomic mass is 10.3. The molecule has 0 atom stereocenters. The number of nitrogens with zero attached hydrogens (tertiary/aromatic N) is 2. The van der Waals surface area contributed by atoms with Crippen LogP contribution in [-0.2, 0) is 0 Å². The number of rotatable bonds is 5. The normalized spacial score (nSPS) is 13.0. The molecule has 0 spiro atoms. The van der Waals surface area contributed by atoms with Crippen LogP contribution in [0.5, 0.6) is 11.5 Å². The van der Waals surface area contributed by atoms with Gasteiger partial charge in [0.25, 0.3) is 0 Å². The zero-order valence-electron chi connectivity index (χ0n) is 11.8. The largest absolute Gasteiger partial charge is 0.486 e. The summed E-state index contributed by atoms with van der Waals surface area (Å²) in [4.78, 5) is 9.57. The predicted octanol–water partition coefficient (Wildman–Crippen LogP) is 3.22. The second-order valence-corrected chi connectivity index (χ2v) is 5.67. The van der Waals surface area contributed by atoms with E-state index in [0.717, 1.165) is 40.2 Å². The summed E-state index contributed by atoms with van der Waals surface area (Å²) in [5, 5.41) is 4.16. The molecule has 21 heavy (non-hydrogen) atoms. The lowest BCUT2D eigenvalue weighted by molar-refractivity contribution is 0.171. The summed E-state index contributed by atoms with van der Waals surface area (Å²) in [5.74, 6) is 2.45. The Morgan fingerprint density at radius 2 is 2.00 bits per heavy atom. The maximum absolute atomic E-state index is 5.60. The minimum Gasteiger partial charge on any atom is -0.486 e. The van der Waals surface area contributed by atoms with Crippen LogP contribution in [0.25, 0.3) is 0 Å². The first-order valence-electron chi connectivity index (χ1n) is 6.98. The minimum atomic E-state index is 0.597. The van der Waals surface area contributed by atoms with E-state index in [4.69, 9.17) is 9.47 Å². The molecule has 110 valence electrons. The van der Waals surface area contributed by atoms with Crippen molar-refractivity contribution in [3.63, 3.8) is 0 Å². The molecule has 5 nitrogen and oxygen atoms in total. The summed E-state index contributed by atoms with van der Waals surface area (Å²) in [7, 11) is 0. The average Bonchev–Trinajstić information content (AvgIpc) is 2.53. The van der Waals surface area contributed by atoms with Crippen LogP contribution >= 0.6 is 11.8 Å². The summed E-state index contributed by atoms with van der Waals surface area (Å²) >= 11 is 1.58. The number of nitrogens with one attached hydrogen (secondary N) is 1.